The van der Waals surface area contributed by atoms with E-state index in [2.05, 4.69) is 18.4 Å². The first kappa shape index (κ1) is 14.6. The number of benzene rings is 1. The number of methoxy groups -OCH3 is 2. The van der Waals surface area contributed by atoms with Gasteiger partial charge in [0.15, 0.2) is 6.04 Å². The van der Waals surface area contributed by atoms with Crippen LogP contribution in [-0.2, 0) is 6.54 Å². The molecule has 0 bridgehead atoms. The van der Waals surface area contributed by atoms with Gasteiger partial charge in [-0.1, -0.05) is 0 Å². The van der Waals surface area contributed by atoms with Gasteiger partial charge in [-0.25, -0.2) is 0 Å². The van der Waals surface area contributed by atoms with Crippen molar-refractivity contribution in [3.05, 3.63) is 23.3 Å². The Morgan fingerprint density at radius 3 is 2.38 bits per heavy atom. The molecule has 2 aliphatic rings. The topological polar surface area (TPSA) is 43.9 Å². The van der Waals surface area contributed by atoms with Crippen molar-refractivity contribution in [1.29, 1.82) is 0 Å². The molecule has 0 saturated carbocycles. The second-order valence-electron chi connectivity index (χ2n) is 6.26. The number of nitrogens with one attached hydrogen (secondary N) is 2. The van der Waals surface area contributed by atoms with Crippen LogP contribution in [0.4, 0.5) is 0 Å². The second kappa shape index (κ2) is 6.22. The maximum atomic E-state index is 5.67. The van der Waals surface area contributed by atoms with Crippen LogP contribution in [0.25, 0.3) is 0 Å². The van der Waals surface area contributed by atoms with Crippen LogP contribution in [0.3, 0.4) is 0 Å². The number of rotatable bonds is 3. The molecule has 1 aromatic carbocycles. The fourth-order valence-electron chi connectivity index (χ4n) is 3.81. The number of quaternary nitrogens is 3. The molecule has 5 nitrogen and oxygen atoms in total. The van der Waals surface area contributed by atoms with Crippen molar-refractivity contribution in [1.82, 2.24) is 0 Å². The molecule has 4 N–H and O–H groups in total. The summed E-state index contributed by atoms with van der Waals surface area (Å²) in [7, 11) is 5.83. The molecule has 0 radical (unpaired) electrons. The van der Waals surface area contributed by atoms with E-state index in [0.29, 0.717) is 6.04 Å². The molecule has 0 spiro atoms. The zero-order chi connectivity index (χ0) is 14.8. The van der Waals surface area contributed by atoms with Gasteiger partial charge < -0.3 is 24.6 Å². The van der Waals surface area contributed by atoms with Crippen molar-refractivity contribution >= 4 is 0 Å². The molecular weight excluding hydrogens is 266 g/mol. The lowest BCUT2D eigenvalue weighted by atomic mass is 9.93. The fourth-order valence-corrected chi connectivity index (χ4v) is 3.81. The third-order valence-electron chi connectivity index (χ3n) is 5.05. The van der Waals surface area contributed by atoms with Crippen molar-refractivity contribution in [2.24, 2.45) is 0 Å². The van der Waals surface area contributed by atoms with Gasteiger partial charge >= 0.3 is 0 Å². The normalized spacial score (nSPS) is 28.8. The van der Waals surface area contributed by atoms with Crippen molar-refractivity contribution in [2.45, 2.75) is 12.6 Å². The third kappa shape index (κ3) is 2.73. The van der Waals surface area contributed by atoms with Gasteiger partial charge in [-0.05, 0) is 12.1 Å². The van der Waals surface area contributed by atoms with Crippen LogP contribution in [0, 0.1) is 0 Å². The molecule has 3 rings (SSSR count). The van der Waals surface area contributed by atoms with Crippen LogP contribution in [0.2, 0.25) is 0 Å². The van der Waals surface area contributed by atoms with E-state index in [1.54, 1.807) is 24.0 Å². The van der Waals surface area contributed by atoms with E-state index in [4.69, 9.17) is 9.47 Å². The molecular formula is C16H28N3O2+3. The minimum Gasteiger partial charge on any atom is -0.496 e. The molecule has 21 heavy (non-hydrogen) atoms. The molecule has 1 fully saturated rings. The summed E-state index contributed by atoms with van der Waals surface area (Å²) in [6.07, 6.45) is 0. The van der Waals surface area contributed by atoms with Gasteiger partial charge in [0.1, 0.15) is 50.8 Å². The lowest BCUT2D eigenvalue weighted by molar-refractivity contribution is -1.03. The van der Waals surface area contributed by atoms with Crippen LogP contribution < -0.4 is 24.6 Å². The van der Waals surface area contributed by atoms with Crippen molar-refractivity contribution in [3.63, 3.8) is 0 Å². The second-order valence-corrected chi connectivity index (χ2v) is 6.26. The number of hydrogen-bond donors (Lipinski definition) is 3. The highest BCUT2D eigenvalue weighted by Crippen LogP contribution is 2.34. The summed E-state index contributed by atoms with van der Waals surface area (Å²) in [5.74, 6) is 2.04. The summed E-state index contributed by atoms with van der Waals surface area (Å²) >= 11 is 0. The van der Waals surface area contributed by atoms with Crippen molar-refractivity contribution in [3.8, 4) is 11.5 Å². The van der Waals surface area contributed by atoms with E-state index in [9.17, 15) is 0 Å². The highest BCUT2D eigenvalue weighted by molar-refractivity contribution is 5.50. The summed E-state index contributed by atoms with van der Waals surface area (Å²) in [6, 6.07) is 4.63. The van der Waals surface area contributed by atoms with Gasteiger partial charge in [-0.2, -0.15) is 0 Å². The van der Waals surface area contributed by atoms with Gasteiger partial charge in [0.05, 0.1) is 32.4 Å². The van der Waals surface area contributed by atoms with Gasteiger partial charge in [0.2, 0.25) is 0 Å². The molecule has 0 unspecified atom stereocenters. The first-order valence-corrected chi connectivity index (χ1v) is 7.96. The van der Waals surface area contributed by atoms with Gasteiger partial charge in [-0.15, -0.1) is 0 Å². The Bertz CT molecular complexity index is 499. The van der Waals surface area contributed by atoms with Crippen LogP contribution in [0.1, 0.15) is 17.2 Å². The largest absolute Gasteiger partial charge is 0.496 e. The number of nitrogens with two attached hydrogens (primary N) is 1. The molecule has 0 amide bonds. The molecule has 1 aromatic rings. The van der Waals surface area contributed by atoms with Gasteiger partial charge in [0.25, 0.3) is 0 Å². The highest BCUT2D eigenvalue weighted by Gasteiger charge is 2.38. The fraction of sp³-hybridized carbons (Fsp3) is 0.625. The first-order chi connectivity index (χ1) is 10.2. The molecule has 0 aliphatic carbocycles. The Kier molecular flexibility index (Phi) is 4.33. The van der Waals surface area contributed by atoms with Crippen molar-refractivity contribution < 1.29 is 24.6 Å². The Hall–Kier alpha value is -1.30. The third-order valence-corrected chi connectivity index (χ3v) is 5.05. The van der Waals surface area contributed by atoms with Crippen LogP contribution in [-0.4, -0.2) is 54.0 Å². The molecule has 2 heterocycles. The Morgan fingerprint density at radius 1 is 1.05 bits per heavy atom. The van der Waals surface area contributed by atoms with E-state index in [0.717, 1.165) is 24.6 Å². The van der Waals surface area contributed by atoms with Crippen molar-refractivity contribution in [2.75, 3.05) is 54.0 Å². The predicted octanol–water partition coefficient (Wildman–Crippen LogP) is -2.76. The lowest BCUT2D eigenvalue weighted by Gasteiger charge is -2.35. The van der Waals surface area contributed by atoms with E-state index in [1.807, 2.05) is 6.07 Å². The standard InChI is InChI=1S/C16H25N3O2/c1-18-6-8-19(9-7-18)13-11-17-10-12-14(20-2)4-5-15(21-3)16(12)13/h4-5,13,17H,6-11H2,1-3H3/p+3/t13-/m0/s1. The number of fused-ring (bicyclic) bond motifs is 1. The summed E-state index contributed by atoms with van der Waals surface area (Å²) in [5.41, 5.74) is 2.71. The summed E-state index contributed by atoms with van der Waals surface area (Å²) in [5, 5.41) is 2.41. The monoisotopic (exact) mass is 294 g/mol. The zero-order valence-corrected chi connectivity index (χ0v) is 13.4. The molecule has 0 aromatic heterocycles. The average Bonchev–Trinajstić information content (AvgIpc) is 2.54. The SMILES string of the molecule is COc1ccc(OC)c2c1C[NH2+]C[C@@H]2[NH+]1CC[NH+](C)CC1. The zero-order valence-electron chi connectivity index (χ0n) is 13.4. The Balaban J connectivity index is 1.96. The van der Waals surface area contributed by atoms with E-state index < -0.39 is 0 Å². The highest BCUT2D eigenvalue weighted by atomic mass is 16.5. The quantitative estimate of drug-likeness (QED) is 0.565. The minimum absolute atomic E-state index is 0.520. The van der Waals surface area contributed by atoms with Gasteiger partial charge in [0, 0.05) is 0 Å². The first-order valence-electron chi connectivity index (χ1n) is 7.96. The van der Waals surface area contributed by atoms with Gasteiger partial charge in [-0.3, -0.25) is 0 Å². The average molecular weight is 294 g/mol. The molecule has 2 aliphatic heterocycles. The summed E-state index contributed by atoms with van der Waals surface area (Å²) in [4.78, 5) is 3.35. The smallest absolute Gasteiger partial charge is 0.167 e. The molecule has 116 valence electrons. The molecule has 1 saturated heterocycles. The molecule has 1 atom stereocenters. The minimum atomic E-state index is 0.520. The number of likely N-dealkylation sites (N-methyl/N-ethyl adjacent to an activating group) is 1. The molecule has 5 heteroatoms. The maximum absolute atomic E-state index is 5.67. The van der Waals surface area contributed by atoms with E-state index in [1.165, 1.54) is 37.3 Å². The summed E-state index contributed by atoms with van der Waals surface area (Å²) in [6.45, 7) is 7.13. The van der Waals surface area contributed by atoms with Crippen LogP contribution in [0.15, 0.2) is 12.1 Å². The lowest BCUT2D eigenvalue weighted by Crippen LogP contribution is -3.28. The number of hydrogen-bond acceptors (Lipinski definition) is 2. The Morgan fingerprint density at radius 2 is 1.71 bits per heavy atom. The summed E-state index contributed by atoms with van der Waals surface area (Å²) < 4.78 is 11.2. The number of piperazine rings is 1. The van der Waals surface area contributed by atoms with E-state index >= 15 is 0 Å². The van der Waals surface area contributed by atoms with E-state index in [-0.39, 0.29) is 0 Å². The maximum Gasteiger partial charge on any atom is 0.167 e. The van der Waals surface area contributed by atoms with Crippen LogP contribution in [0.5, 0.6) is 11.5 Å². The van der Waals surface area contributed by atoms with Crippen LogP contribution >= 0.6 is 0 Å². The number of ether oxygens (including phenoxy) is 2. The Labute approximate surface area is 126 Å². The predicted molar refractivity (Wildman–Crippen MR) is 80.1 cm³/mol.